The molecule has 2 unspecified atom stereocenters. The zero-order chi connectivity index (χ0) is 24.4. The summed E-state index contributed by atoms with van der Waals surface area (Å²) in [5.41, 5.74) is 1.88. The molecular weight excluding hydrogens is 519 g/mol. The first-order chi connectivity index (χ1) is 16.3. The fourth-order valence-corrected chi connectivity index (χ4v) is 4.86. The van der Waals surface area contributed by atoms with Crippen molar-refractivity contribution in [3.63, 3.8) is 0 Å². The van der Waals surface area contributed by atoms with Gasteiger partial charge in [-0.2, -0.15) is 0 Å². The van der Waals surface area contributed by atoms with E-state index in [2.05, 4.69) is 15.3 Å². The molecule has 174 valence electrons. The van der Waals surface area contributed by atoms with Gasteiger partial charge < -0.3 is 9.87 Å². The van der Waals surface area contributed by atoms with Crippen molar-refractivity contribution < 1.29 is 13.6 Å². The molecule has 4 aromatic rings. The molecule has 1 heterocycles. The smallest absolute Gasteiger partial charge is 0.253 e. The zero-order valence-corrected chi connectivity index (χ0v) is 20.6. The van der Waals surface area contributed by atoms with E-state index in [1.807, 2.05) is 0 Å². The zero-order valence-electron chi connectivity index (χ0n) is 17.5. The molecule has 0 fully saturated rings. The Bertz CT molecular complexity index is 1410. The topological polar surface area (TPSA) is 98.2 Å². The molecule has 3 aromatic carbocycles. The van der Waals surface area contributed by atoms with E-state index in [-0.39, 0.29) is 22.0 Å². The van der Waals surface area contributed by atoms with E-state index in [1.165, 1.54) is 30.6 Å². The summed E-state index contributed by atoms with van der Waals surface area (Å²) in [7, 11) is 0. The second-order valence-corrected chi connectivity index (χ2v) is 9.31. The molecule has 1 N–H and O–H groups in total. The lowest BCUT2D eigenvalue weighted by molar-refractivity contribution is 0.0940. The van der Waals surface area contributed by atoms with Crippen LogP contribution in [-0.2, 0) is 11.3 Å². The summed E-state index contributed by atoms with van der Waals surface area (Å²) in [6.07, 6.45) is 2.97. The van der Waals surface area contributed by atoms with Crippen LogP contribution >= 0.6 is 34.8 Å². The number of hydrogen-bond acceptors (Lipinski definition) is 5. The molecule has 0 aliphatic heterocycles. The fourth-order valence-electron chi connectivity index (χ4n) is 3.50. The summed E-state index contributed by atoms with van der Waals surface area (Å²) in [6.45, 7) is 1.76. The van der Waals surface area contributed by atoms with Crippen LogP contribution in [0.25, 0.3) is 11.0 Å². The summed E-state index contributed by atoms with van der Waals surface area (Å²) in [5.74, 6) is -0.521. The Morgan fingerprint density at radius 3 is 2.44 bits per heavy atom. The fraction of sp³-hybridized carbons (Fsp3) is 0.0870. The van der Waals surface area contributed by atoms with Crippen LogP contribution in [-0.4, -0.2) is 24.6 Å². The van der Waals surface area contributed by atoms with Gasteiger partial charge in [0.05, 0.1) is 39.8 Å². The van der Waals surface area contributed by atoms with E-state index in [0.29, 0.717) is 26.6 Å². The van der Waals surface area contributed by atoms with Crippen molar-refractivity contribution in [2.24, 2.45) is 0 Å². The number of para-hydroxylation sites is 1. The molecule has 0 saturated heterocycles. The van der Waals surface area contributed by atoms with Crippen LogP contribution in [0.1, 0.15) is 28.9 Å². The van der Waals surface area contributed by atoms with Crippen LogP contribution in [0.15, 0.2) is 67.0 Å². The Labute approximate surface area is 213 Å². The number of fused-ring (bicyclic) bond motifs is 1. The van der Waals surface area contributed by atoms with Gasteiger partial charge in [-0.3, -0.25) is 23.3 Å². The van der Waals surface area contributed by atoms with Gasteiger partial charge in [-0.15, -0.1) is 0 Å². The maximum Gasteiger partial charge on any atom is 0.253 e. The van der Waals surface area contributed by atoms with Gasteiger partial charge in [0.1, 0.15) is 5.52 Å². The van der Waals surface area contributed by atoms with Crippen molar-refractivity contribution in [2.45, 2.75) is 13.0 Å². The van der Waals surface area contributed by atoms with Gasteiger partial charge in [0.2, 0.25) is 0 Å². The minimum Gasteiger partial charge on any atom is -0.755 e. The number of carbonyl (C=O) groups is 1. The monoisotopic (exact) mass is 533 g/mol. The summed E-state index contributed by atoms with van der Waals surface area (Å²) in [5, 5.41) is 3.97. The predicted molar refractivity (Wildman–Crippen MR) is 134 cm³/mol. The normalized spacial score (nSPS) is 12.9. The number of carbonyl (C=O) groups excluding carboxylic acids is 1. The summed E-state index contributed by atoms with van der Waals surface area (Å²) >= 11 is 15.6. The van der Waals surface area contributed by atoms with Crippen LogP contribution < -0.4 is 9.62 Å². The Hall–Kier alpha value is -2.75. The number of anilines is 2. The van der Waals surface area contributed by atoms with Crippen molar-refractivity contribution in [1.82, 2.24) is 15.3 Å². The van der Waals surface area contributed by atoms with E-state index in [0.717, 1.165) is 4.31 Å². The van der Waals surface area contributed by atoms with Crippen molar-refractivity contribution in [3.05, 3.63) is 93.2 Å². The molecule has 4 rings (SSSR count). The largest absolute Gasteiger partial charge is 0.755 e. The molecule has 11 heteroatoms. The number of aromatic nitrogens is 2. The third-order valence-corrected chi connectivity index (χ3v) is 6.53. The Kier molecular flexibility index (Phi) is 7.35. The third kappa shape index (κ3) is 5.01. The molecule has 2 atom stereocenters. The number of nitrogens with one attached hydrogen (secondary N) is 1. The Morgan fingerprint density at radius 1 is 1.00 bits per heavy atom. The molecule has 0 radical (unpaired) electrons. The van der Waals surface area contributed by atoms with E-state index >= 15 is 0 Å². The van der Waals surface area contributed by atoms with E-state index in [4.69, 9.17) is 34.8 Å². The van der Waals surface area contributed by atoms with Crippen molar-refractivity contribution >= 4 is 74.4 Å². The molecule has 0 bridgehead atoms. The van der Waals surface area contributed by atoms with Gasteiger partial charge in [-0.25, -0.2) is 0 Å². The maximum atomic E-state index is 13.3. The SMILES string of the molecule is CC(NC(=O)c1ccc(Cl)cc1N(c1cccc2nccnc12)S(=O)[O-])c1ccc(Cl)cc1Cl. The molecule has 7 nitrogen and oxygen atoms in total. The average molecular weight is 535 g/mol. The number of hydrogen-bond donors (Lipinski definition) is 1. The van der Waals surface area contributed by atoms with E-state index in [9.17, 15) is 13.6 Å². The molecular formula is C23H16Cl3N4O3S-. The number of benzene rings is 3. The van der Waals surface area contributed by atoms with Gasteiger partial charge in [0.25, 0.3) is 5.91 Å². The second-order valence-electron chi connectivity index (χ2n) is 7.24. The van der Waals surface area contributed by atoms with Crippen LogP contribution in [0.5, 0.6) is 0 Å². The van der Waals surface area contributed by atoms with Gasteiger partial charge in [-0.05, 0) is 55.0 Å². The van der Waals surface area contributed by atoms with E-state index in [1.54, 1.807) is 43.3 Å². The molecule has 0 aliphatic carbocycles. The van der Waals surface area contributed by atoms with Crippen molar-refractivity contribution in [3.8, 4) is 0 Å². The first kappa shape index (κ1) is 24.4. The Balaban J connectivity index is 1.77. The first-order valence-corrected chi connectivity index (χ1v) is 12.1. The second kappa shape index (κ2) is 10.2. The van der Waals surface area contributed by atoms with Crippen molar-refractivity contribution in [1.29, 1.82) is 0 Å². The quantitative estimate of drug-likeness (QED) is 0.305. The van der Waals surface area contributed by atoms with Crippen LogP contribution in [0.3, 0.4) is 0 Å². The van der Waals surface area contributed by atoms with Crippen molar-refractivity contribution in [2.75, 3.05) is 4.31 Å². The highest BCUT2D eigenvalue weighted by atomic mass is 35.5. The minimum absolute atomic E-state index is 0.0610. The molecule has 0 spiro atoms. The highest BCUT2D eigenvalue weighted by Gasteiger charge is 2.23. The first-order valence-electron chi connectivity index (χ1n) is 9.91. The average Bonchev–Trinajstić information content (AvgIpc) is 2.79. The third-order valence-electron chi connectivity index (χ3n) is 5.05. The minimum atomic E-state index is -2.81. The van der Waals surface area contributed by atoms with E-state index < -0.39 is 23.2 Å². The lowest BCUT2D eigenvalue weighted by Gasteiger charge is -2.29. The molecule has 1 amide bonds. The number of nitrogens with zero attached hydrogens (tertiary/aromatic N) is 3. The van der Waals surface area contributed by atoms with Gasteiger partial charge in [0, 0.05) is 27.5 Å². The van der Waals surface area contributed by atoms with Crippen LogP contribution in [0.4, 0.5) is 11.4 Å². The lowest BCUT2D eigenvalue weighted by atomic mass is 10.1. The summed E-state index contributed by atoms with van der Waals surface area (Å²) < 4.78 is 25.8. The van der Waals surface area contributed by atoms with Crippen LogP contribution in [0.2, 0.25) is 15.1 Å². The summed E-state index contributed by atoms with van der Waals surface area (Å²) in [4.78, 5) is 21.8. The molecule has 0 aliphatic rings. The highest BCUT2D eigenvalue weighted by Crippen LogP contribution is 2.36. The van der Waals surface area contributed by atoms with Gasteiger partial charge in [-0.1, -0.05) is 46.9 Å². The van der Waals surface area contributed by atoms with Crippen LogP contribution in [0, 0.1) is 0 Å². The molecule has 34 heavy (non-hydrogen) atoms. The number of amides is 1. The predicted octanol–water partition coefficient (Wildman–Crippen LogP) is 6.01. The molecule has 0 saturated carbocycles. The lowest BCUT2D eigenvalue weighted by Crippen LogP contribution is -2.30. The number of rotatable bonds is 6. The summed E-state index contributed by atoms with van der Waals surface area (Å²) in [6, 6.07) is 13.8. The maximum absolute atomic E-state index is 13.3. The highest BCUT2D eigenvalue weighted by molar-refractivity contribution is 7.81. The number of halogens is 3. The molecule has 1 aromatic heterocycles. The van der Waals surface area contributed by atoms with Gasteiger partial charge >= 0.3 is 0 Å². The standard InChI is InChI=1S/C23H17Cl3N4O3S/c1-13(16-7-5-14(24)11-18(16)26)29-23(31)17-8-6-15(25)12-21(17)30(34(32)33)20-4-2-3-19-22(20)28-10-9-27-19/h2-13H,1H3,(H,29,31)(H,32,33)/p-1. The van der Waals surface area contributed by atoms with Gasteiger partial charge in [0.15, 0.2) is 0 Å². The Morgan fingerprint density at radius 2 is 1.71 bits per heavy atom.